The smallest absolute Gasteiger partial charge is 0.294 e. The molecule has 1 aliphatic heterocycles. The maximum atomic E-state index is 14.1. The SMILES string of the molecule is COc1cc(Cl)cc2cc(C(=O)C3=C(O)C(=O)N(c4ccc(C(C)(C)C)cc4)C3c3ccc(C(C)(C)C)cc3)oc12. The van der Waals surface area contributed by atoms with Crippen molar-refractivity contribution in [2.45, 2.75) is 58.4 Å². The van der Waals surface area contributed by atoms with Crippen LogP contribution in [0.2, 0.25) is 5.02 Å². The van der Waals surface area contributed by atoms with E-state index in [1.807, 2.05) is 48.5 Å². The van der Waals surface area contributed by atoms with Crippen LogP contribution in [0.25, 0.3) is 11.0 Å². The van der Waals surface area contributed by atoms with Gasteiger partial charge >= 0.3 is 0 Å². The van der Waals surface area contributed by atoms with E-state index < -0.39 is 23.5 Å². The van der Waals surface area contributed by atoms with Crippen molar-refractivity contribution in [3.8, 4) is 5.75 Å². The van der Waals surface area contributed by atoms with Gasteiger partial charge in [-0.25, -0.2) is 0 Å². The van der Waals surface area contributed by atoms with Gasteiger partial charge in [-0.15, -0.1) is 0 Å². The molecule has 0 spiro atoms. The lowest BCUT2D eigenvalue weighted by molar-refractivity contribution is -0.117. The van der Waals surface area contributed by atoms with E-state index in [1.54, 1.807) is 18.2 Å². The fourth-order valence-electron chi connectivity index (χ4n) is 5.19. The number of carbonyl (C=O) groups excluding carboxylic acids is 2. The molecular formula is C34H34ClNO5. The number of hydrogen-bond acceptors (Lipinski definition) is 5. The average Bonchev–Trinajstić information content (AvgIpc) is 3.45. The number of amides is 1. The molecule has 6 nitrogen and oxygen atoms in total. The molecule has 0 saturated carbocycles. The molecule has 4 aromatic rings. The number of aliphatic hydroxyl groups is 1. The molecular weight excluding hydrogens is 538 g/mol. The quantitative estimate of drug-likeness (QED) is 0.243. The summed E-state index contributed by atoms with van der Waals surface area (Å²) in [5.74, 6) is -1.51. The molecule has 1 unspecified atom stereocenters. The number of carbonyl (C=O) groups is 2. The van der Waals surface area contributed by atoms with Crippen molar-refractivity contribution in [1.29, 1.82) is 0 Å². The lowest BCUT2D eigenvalue weighted by atomic mass is 9.85. The number of anilines is 1. The highest BCUT2D eigenvalue weighted by Gasteiger charge is 2.45. The van der Waals surface area contributed by atoms with Crippen LogP contribution in [0, 0.1) is 0 Å². The highest BCUT2D eigenvalue weighted by Crippen LogP contribution is 2.44. The third-order valence-corrected chi connectivity index (χ3v) is 7.77. The Labute approximate surface area is 245 Å². The molecule has 3 aromatic carbocycles. The Bertz CT molecular complexity index is 1680. The maximum absolute atomic E-state index is 14.1. The Morgan fingerprint density at radius 2 is 1.46 bits per heavy atom. The molecule has 0 saturated heterocycles. The number of halogens is 1. The van der Waals surface area contributed by atoms with Crippen LogP contribution in [-0.4, -0.2) is 23.9 Å². The Hall–Kier alpha value is -4.03. The zero-order chi connectivity index (χ0) is 29.9. The van der Waals surface area contributed by atoms with E-state index >= 15 is 0 Å². The van der Waals surface area contributed by atoms with E-state index in [-0.39, 0.29) is 22.2 Å². The van der Waals surface area contributed by atoms with Crippen LogP contribution in [0.15, 0.2) is 82.5 Å². The van der Waals surface area contributed by atoms with Crippen molar-refractivity contribution in [1.82, 2.24) is 0 Å². The Morgan fingerprint density at radius 1 is 0.902 bits per heavy atom. The molecule has 7 heteroatoms. The van der Waals surface area contributed by atoms with Crippen molar-refractivity contribution < 1.29 is 23.8 Å². The summed E-state index contributed by atoms with van der Waals surface area (Å²) in [6, 6.07) is 19.4. The second kappa shape index (κ2) is 10.1. The van der Waals surface area contributed by atoms with Crippen LogP contribution in [-0.2, 0) is 15.6 Å². The van der Waals surface area contributed by atoms with Gasteiger partial charge in [0.25, 0.3) is 5.91 Å². The highest BCUT2D eigenvalue weighted by molar-refractivity contribution is 6.31. The van der Waals surface area contributed by atoms with Crippen LogP contribution >= 0.6 is 11.6 Å². The van der Waals surface area contributed by atoms with Crippen molar-refractivity contribution in [2.75, 3.05) is 12.0 Å². The van der Waals surface area contributed by atoms with Crippen molar-refractivity contribution in [2.24, 2.45) is 0 Å². The van der Waals surface area contributed by atoms with E-state index in [4.69, 9.17) is 20.8 Å². The average molecular weight is 572 g/mol. The van der Waals surface area contributed by atoms with Crippen LogP contribution in [0.1, 0.15) is 74.8 Å². The normalized spacial score (nSPS) is 16.1. The first-order chi connectivity index (χ1) is 19.2. The van der Waals surface area contributed by atoms with Gasteiger partial charge in [-0.1, -0.05) is 89.5 Å². The molecule has 5 rings (SSSR count). The molecule has 1 N–H and O–H groups in total. The summed E-state index contributed by atoms with van der Waals surface area (Å²) in [6.07, 6.45) is 0. The Morgan fingerprint density at radius 3 is 2.00 bits per heavy atom. The van der Waals surface area contributed by atoms with Gasteiger partial charge in [-0.05, 0) is 51.8 Å². The number of benzene rings is 3. The number of rotatable bonds is 5. The molecule has 41 heavy (non-hydrogen) atoms. The Balaban J connectivity index is 1.65. The standard InChI is InChI=1S/C34H34ClNO5/c1-33(2,3)21-10-8-19(9-11-21)28-27(29(37)25-17-20-16-23(35)18-26(40-7)31(20)41-25)30(38)32(39)36(28)24-14-12-22(13-15-24)34(4,5)6/h8-18,28,38H,1-7H3. The molecule has 0 radical (unpaired) electrons. The van der Waals surface area contributed by atoms with Gasteiger partial charge in [0.2, 0.25) is 5.78 Å². The second-order valence-corrected chi connectivity index (χ2v) is 12.9. The summed E-state index contributed by atoms with van der Waals surface area (Å²) >= 11 is 6.23. The molecule has 0 fully saturated rings. The molecule has 1 atom stereocenters. The lowest BCUT2D eigenvalue weighted by Crippen LogP contribution is -2.31. The number of hydrogen-bond donors (Lipinski definition) is 1. The molecule has 212 valence electrons. The fourth-order valence-corrected chi connectivity index (χ4v) is 5.41. The van der Waals surface area contributed by atoms with Gasteiger partial charge in [-0.2, -0.15) is 0 Å². The minimum absolute atomic E-state index is 0.0313. The lowest BCUT2D eigenvalue weighted by Gasteiger charge is -2.28. The summed E-state index contributed by atoms with van der Waals surface area (Å²) in [4.78, 5) is 29.2. The van der Waals surface area contributed by atoms with Gasteiger partial charge in [0.05, 0.1) is 18.7 Å². The monoisotopic (exact) mass is 571 g/mol. The van der Waals surface area contributed by atoms with Crippen molar-refractivity contribution in [3.63, 3.8) is 0 Å². The van der Waals surface area contributed by atoms with E-state index in [2.05, 4.69) is 41.5 Å². The van der Waals surface area contributed by atoms with Gasteiger partial charge in [0.15, 0.2) is 22.9 Å². The zero-order valence-electron chi connectivity index (χ0n) is 24.3. The first kappa shape index (κ1) is 28.5. The number of furan rings is 1. The van der Waals surface area contributed by atoms with Crippen LogP contribution in [0.4, 0.5) is 5.69 Å². The summed E-state index contributed by atoms with van der Waals surface area (Å²) < 4.78 is 11.3. The van der Waals surface area contributed by atoms with Gasteiger partial charge in [-0.3, -0.25) is 14.5 Å². The van der Waals surface area contributed by atoms with Crippen LogP contribution < -0.4 is 9.64 Å². The van der Waals surface area contributed by atoms with Crippen LogP contribution in [0.3, 0.4) is 0 Å². The van der Waals surface area contributed by atoms with Crippen LogP contribution in [0.5, 0.6) is 5.75 Å². The molecule has 0 bridgehead atoms. The molecule has 1 amide bonds. The molecule has 2 heterocycles. The van der Waals surface area contributed by atoms with E-state index in [0.29, 0.717) is 33.0 Å². The van der Waals surface area contributed by atoms with Gasteiger partial charge < -0.3 is 14.3 Å². The highest BCUT2D eigenvalue weighted by atomic mass is 35.5. The summed E-state index contributed by atoms with van der Waals surface area (Å²) in [5, 5.41) is 12.2. The minimum Gasteiger partial charge on any atom is -0.503 e. The predicted octanol–water partition coefficient (Wildman–Crippen LogP) is 8.47. The fraction of sp³-hybridized carbons (Fsp3) is 0.294. The third kappa shape index (κ3) is 5.13. The number of nitrogens with zero attached hydrogens (tertiary/aromatic N) is 1. The van der Waals surface area contributed by atoms with E-state index in [1.165, 1.54) is 12.0 Å². The van der Waals surface area contributed by atoms with Crippen molar-refractivity contribution >= 4 is 39.9 Å². The van der Waals surface area contributed by atoms with Crippen molar-refractivity contribution in [3.05, 3.63) is 106 Å². The second-order valence-electron chi connectivity index (χ2n) is 12.5. The van der Waals surface area contributed by atoms with Gasteiger partial charge in [0, 0.05) is 22.2 Å². The summed E-state index contributed by atoms with van der Waals surface area (Å²) in [7, 11) is 1.49. The van der Waals surface area contributed by atoms with E-state index in [0.717, 1.165) is 11.1 Å². The summed E-state index contributed by atoms with van der Waals surface area (Å²) in [6.45, 7) is 12.7. The Kier molecular flexibility index (Phi) is 7.03. The largest absolute Gasteiger partial charge is 0.503 e. The van der Waals surface area contributed by atoms with Gasteiger partial charge in [0.1, 0.15) is 0 Å². The number of ketones is 1. The first-order valence-corrected chi connectivity index (χ1v) is 13.9. The predicted molar refractivity (Wildman–Crippen MR) is 162 cm³/mol. The zero-order valence-corrected chi connectivity index (χ0v) is 25.1. The molecule has 1 aliphatic rings. The number of methoxy groups -OCH3 is 1. The topological polar surface area (TPSA) is 80.0 Å². The number of Topliss-reactive ketones (excluding diaryl/α,β-unsaturated/α-hetero) is 1. The maximum Gasteiger partial charge on any atom is 0.294 e. The number of ether oxygens (including phenoxy) is 1. The minimum atomic E-state index is -0.872. The molecule has 1 aromatic heterocycles. The number of fused-ring (bicyclic) bond motifs is 1. The number of aliphatic hydroxyl groups excluding tert-OH is 1. The summed E-state index contributed by atoms with van der Waals surface area (Å²) in [5.41, 5.74) is 3.60. The molecule has 0 aliphatic carbocycles. The third-order valence-electron chi connectivity index (χ3n) is 7.55. The van der Waals surface area contributed by atoms with E-state index in [9.17, 15) is 14.7 Å². The first-order valence-electron chi connectivity index (χ1n) is 13.5.